The zero-order valence-electron chi connectivity index (χ0n) is 11.6. The fraction of sp³-hybridized carbons (Fsp3) is 0.571. The predicted molar refractivity (Wildman–Crippen MR) is 71.5 cm³/mol. The molecule has 0 amide bonds. The first kappa shape index (κ1) is 14.0. The van der Waals surface area contributed by atoms with E-state index in [-0.39, 0.29) is 12.7 Å². The SMILES string of the molecule is CCC(C)[C@H](O)[C@H](N)c1cc(OC)c2c(c1)OCO2. The summed E-state index contributed by atoms with van der Waals surface area (Å²) in [4.78, 5) is 0. The topological polar surface area (TPSA) is 73.9 Å². The quantitative estimate of drug-likeness (QED) is 0.851. The third-order valence-electron chi connectivity index (χ3n) is 3.66. The van der Waals surface area contributed by atoms with Crippen molar-refractivity contribution in [3.05, 3.63) is 17.7 Å². The molecule has 1 aliphatic heterocycles. The van der Waals surface area contributed by atoms with Crippen molar-refractivity contribution < 1.29 is 19.3 Å². The molecular formula is C14H21NO4. The molecule has 0 saturated carbocycles. The van der Waals surface area contributed by atoms with Crippen LogP contribution in [0.25, 0.3) is 0 Å². The van der Waals surface area contributed by atoms with Gasteiger partial charge in [-0.05, 0) is 23.6 Å². The predicted octanol–water partition coefficient (Wildman–Crippen LogP) is 1.83. The maximum Gasteiger partial charge on any atom is 0.231 e. The second-order valence-electron chi connectivity index (χ2n) is 4.86. The second-order valence-corrected chi connectivity index (χ2v) is 4.86. The second kappa shape index (κ2) is 5.67. The van der Waals surface area contributed by atoms with Gasteiger partial charge in [0.15, 0.2) is 11.5 Å². The largest absolute Gasteiger partial charge is 0.493 e. The molecule has 5 nitrogen and oxygen atoms in total. The van der Waals surface area contributed by atoms with E-state index in [4.69, 9.17) is 19.9 Å². The van der Waals surface area contributed by atoms with Crippen LogP contribution in [-0.2, 0) is 0 Å². The Bertz CT molecular complexity index is 449. The molecule has 1 aromatic rings. The molecule has 3 atom stereocenters. The fourth-order valence-corrected chi connectivity index (χ4v) is 2.13. The molecule has 0 saturated heterocycles. The summed E-state index contributed by atoms with van der Waals surface area (Å²) in [6.07, 6.45) is 0.270. The number of hydrogen-bond donors (Lipinski definition) is 2. The van der Waals surface area contributed by atoms with Gasteiger partial charge in [-0.3, -0.25) is 0 Å². The number of ether oxygens (including phenoxy) is 3. The summed E-state index contributed by atoms with van der Waals surface area (Å²) < 4.78 is 16.0. The molecule has 0 aliphatic carbocycles. The van der Waals surface area contributed by atoms with Gasteiger partial charge in [-0.1, -0.05) is 20.3 Å². The Morgan fingerprint density at radius 1 is 1.42 bits per heavy atom. The fourth-order valence-electron chi connectivity index (χ4n) is 2.13. The lowest BCUT2D eigenvalue weighted by Gasteiger charge is -2.24. The number of benzene rings is 1. The molecule has 1 aliphatic rings. The van der Waals surface area contributed by atoms with E-state index in [1.54, 1.807) is 19.2 Å². The molecular weight excluding hydrogens is 246 g/mol. The van der Waals surface area contributed by atoms with Crippen LogP contribution in [0.15, 0.2) is 12.1 Å². The van der Waals surface area contributed by atoms with E-state index in [1.807, 2.05) is 13.8 Å². The van der Waals surface area contributed by atoms with Gasteiger partial charge in [-0.2, -0.15) is 0 Å². The summed E-state index contributed by atoms with van der Waals surface area (Å²) in [7, 11) is 1.57. The minimum absolute atomic E-state index is 0.131. The van der Waals surface area contributed by atoms with Crippen LogP contribution in [0.5, 0.6) is 17.2 Å². The molecule has 0 spiro atoms. The van der Waals surface area contributed by atoms with Crippen LogP contribution in [0.1, 0.15) is 31.9 Å². The first-order chi connectivity index (χ1) is 9.08. The number of rotatable bonds is 5. The lowest BCUT2D eigenvalue weighted by molar-refractivity contribution is 0.0878. The lowest BCUT2D eigenvalue weighted by atomic mass is 9.91. The first-order valence-corrected chi connectivity index (χ1v) is 6.49. The number of hydrogen-bond acceptors (Lipinski definition) is 5. The van der Waals surface area contributed by atoms with Gasteiger partial charge in [-0.25, -0.2) is 0 Å². The van der Waals surface area contributed by atoms with Gasteiger partial charge in [0.25, 0.3) is 0 Å². The highest BCUT2D eigenvalue weighted by Crippen LogP contribution is 2.43. The van der Waals surface area contributed by atoms with Crippen molar-refractivity contribution in [2.24, 2.45) is 11.7 Å². The van der Waals surface area contributed by atoms with Gasteiger partial charge in [0.2, 0.25) is 12.5 Å². The lowest BCUT2D eigenvalue weighted by Crippen LogP contribution is -2.31. The van der Waals surface area contributed by atoms with Crippen molar-refractivity contribution in [2.75, 3.05) is 13.9 Å². The van der Waals surface area contributed by atoms with Crippen LogP contribution < -0.4 is 19.9 Å². The van der Waals surface area contributed by atoms with Crippen molar-refractivity contribution in [1.29, 1.82) is 0 Å². The molecule has 106 valence electrons. The standard InChI is InChI=1S/C14H21NO4/c1-4-8(2)13(16)12(15)9-5-10(17-3)14-11(6-9)18-7-19-14/h5-6,8,12-13,16H,4,7,15H2,1-3H3/t8?,12-,13+/m1/s1. The van der Waals surface area contributed by atoms with E-state index in [1.165, 1.54) is 0 Å². The monoisotopic (exact) mass is 267 g/mol. The summed E-state index contributed by atoms with van der Waals surface area (Å²) in [5.74, 6) is 1.92. The normalized spacial score (nSPS) is 17.9. The van der Waals surface area contributed by atoms with Gasteiger partial charge >= 0.3 is 0 Å². The van der Waals surface area contributed by atoms with Gasteiger partial charge in [0.05, 0.1) is 19.3 Å². The highest BCUT2D eigenvalue weighted by atomic mass is 16.7. The number of fused-ring (bicyclic) bond motifs is 1. The average Bonchev–Trinajstić information content (AvgIpc) is 2.91. The Balaban J connectivity index is 2.30. The molecule has 3 N–H and O–H groups in total. The molecule has 2 rings (SSSR count). The Hall–Kier alpha value is -1.46. The highest BCUT2D eigenvalue weighted by molar-refractivity contribution is 5.55. The third-order valence-corrected chi connectivity index (χ3v) is 3.66. The third kappa shape index (κ3) is 2.62. The van der Waals surface area contributed by atoms with E-state index < -0.39 is 12.1 Å². The first-order valence-electron chi connectivity index (χ1n) is 6.49. The van der Waals surface area contributed by atoms with Gasteiger partial charge in [0, 0.05) is 0 Å². The summed E-state index contributed by atoms with van der Waals surface area (Å²) in [6.45, 7) is 4.19. The van der Waals surface area contributed by atoms with Crippen molar-refractivity contribution in [1.82, 2.24) is 0 Å². The molecule has 1 aromatic carbocycles. The molecule has 0 fully saturated rings. The Morgan fingerprint density at radius 3 is 2.79 bits per heavy atom. The molecule has 1 unspecified atom stereocenters. The van der Waals surface area contributed by atoms with E-state index in [9.17, 15) is 5.11 Å². The highest BCUT2D eigenvalue weighted by Gasteiger charge is 2.26. The van der Waals surface area contributed by atoms with Crippen LogP contribution in [0.3, 0.4) is 0 Å². The van der Waals surface area contributed by atoms with Crippen LogP contribution in [-0.4, -0.2) is 25.1 Å². The van der Waals surface area contributed by atoms with Crippen LogP contribution >= 0.6 is 0 Å². The van der Waals surface area contributed by atoms with Gasteiger partial charge in [-0.15, -0.1) is 0 Å². The molecule has 5 heteroatoms. The van der Waals surface area contributed by atoms with Gasteiger partial charge in [0.1, 0.15) is 0 Å². The van der Waals surface area contributed by atoms with E-state index >= 15 is 0 Å². The number of aliphatic hydroxyl groups excluding tert-OH is 1. The number of nitrogens with two attached hydrogens (primary N) is 1. The zero-order valence-corrected chi connectivity index (χ0v) is 11.6. The Kier molecular flexibility index (Phi) is 4.17. The Labute approximate surface area is 113 Å². The molecule has 0 radical (unpaired) electrons. The number of methoxy groups -OCH3 is 1. The van der Waals surface area contributed by atoms with Crippen molar-refractivity contribution >= 4 is 0 Å². The van der Waals surface area contributed by atoms with Gasteiger partial charge < -0.3 is 25.1 Å². The molecule has 19 heavy (non-hydrogen) atoms. The summed E-state index contributed by atoms with van der Waals surface area (Å²) in [6, 6.07) is 3.13. The maximum atomic E-state index is 10.2. The van der Waals surface area contributed by atoms with E-state index in [0.717, 1.165) is 12.0 Å². The zero-order chi connectivity index (χ0) is 14.0. The minimum Gasteiger partial charge on any atom is -0.493 e. The smallest absolute Gasteiger partial charge is 0.231 e. The minimum atomic E-state index is -0.602. The van der Waals surface area contributed by atoms with Crippen molar-refractivity contribution in [3.63, 3.8) is 0 Å². The molecule has 0 aromatic heterocycles. The average molecular weight is 267 g/mol. The summed E-state index contributed by atoms with van der Waals surface area (Å²) in [5, 5.41) is 10.2. The molecule has 0 bridgehead atoms. The van der Waals surface area contributed by atoms with Crippen molar-refractivity contribution in [2.45, 2.75) is 32.4 Å². The summed E-state index contributed by atoms with van der Waals surface area (Å²) >= 11 is 0. The summed E-state index contributed by atoms with van der Waals surface area (Å²) in [5.41, 5.74) is 6.92. The molecule has 1 heterocycles. The van der Waals surface area contributed by atoms with E-state index in [2.05, 4.69) is 0 Å². The van der Waals surface area contributed by atoms with Crippen molar-refractivity contribution in [3.8, 4) is 17.2 Å². The number of aliphatic hydroxyl groups is 1. The maximum absolute atomic E-state index is 10.2. The van der Waals surface area contributed by atoms with E-state index in [0.29, 0.717) is 17.2 Å². The van der Waals surface area contributed by atoms with Crippen LogP contribution in [0.4, 0.5) is 0 Å². The van der Waals surface area contributed by atoms with Crippen LogP contribution in [0.2, 0.25) is 0 Å². The Morgan fingerprint density at radius 2 is 2.16 bits per heavy atom. The van der Waals surface area contributed by atoms with Crippen LogP contribution in [0, 0.1) is 5.92 Å².